The van der Waals surface area contributed by atoms with Gasteiger partial charge in [0.2, 0.25) is 10.0 Å². The molecule has 0 bridgehead atoms. The van der Waals surface area contributed by atoms with Crippen molar-refractivity contribution in [3.05, 3.63) is 45.0 Å². The van der Waals surface area contributed by atoms with E-state index in [4.69, 9.17) is 0 Å². The summed E-state index contributed by atoms with van der Waals surface area (Å²) < 4.78 is 24.5. The van der Waals surface area contributed by atoms with Gasteiger partial charge in [0.15, 0.2) is 4.34 Å². The zero-order chi connectivity index (χ0) is 20.9. The van der Waals surface area contributed by atoms with Gasteiger partial charge in [0, 0.05) is 42.8 Å². The number of nitro groups is 1. The number of nitrogens with zero attached hydrogens (tertiary/aromatic N) is 3. The molecule has 2 rings (SSSR count). The number of aromatic nitrogens is 1. The molecule has 0 spiro atoms. The van der Waals surface area contributed by atoms with Gasteiger partial charge in [-0.1, -0.05) is 11.8 Å². The van der Waals surface area contributed by atoms with E-state index >= 15 is 0 Å². The van der Waals surface area contributed by atoms with E-state index < -0.39 is 20.9 Å². The van der Waals surface area contributed by atoms with Crippen LogP contribution in [0.2, 0.25) is 0 Å². The minimum absolute atomic E-state index is 0.165. The largest absolute Gasteiger partial charge is 0.352 e. The van der Waals surface area contributed by atoms with Crippen LogP contribution in [0.3, 0.4) is 0 Å². The Morgan fingerprint density at radius 3 is 2.71 bits per heavy atom. The molecule has 1 heterocycles. The fourth-order valence-corrected chi connectivity index (χ4v) is 4.47. The number of rotatable bonds is 9. The van der Waals surface area contributed by atoms with Crippen molar-refractivity contribution in [2.75, 3.05) is 26.4 Å². The van der Waals surface area contributed by atoms with Crippen LogP contribution in [0.1, 0.15) is 22.5 Å². The predicted molar refractivity (Wildman–Crippen MR) is 108 cm³/mol. The molecular weight excluding hydrogens is 424 g/mol. The van der Waals surface area contributed by atoms with Gasteiger partial charge in [0.25, 0.3) is 11.6 Å². The number of thiazole rings is 1. The maximum absolute atomic E-state index is 12.3. The van der Waals surface area contributed by atoms with E-state index in [9.17, 15) is 23.3 Å². The highest BCUT2D eigenvalue weighted by Gasteiger charge is 2.19. The second-order valence-electron chi connectivity index (χ2n) is 5.99. The minimum Gasteiger partial charge on any atom is -0.352 e. The lowest BCUT2D eigenvalue weighted by Crippen LogP contribution is -2.30. The van der Waals surface area contributed by atoms with Crippen molar-refractivity contribution in [3.63, 3.8) is 0 Å². The molecule has 0 aliphatic carbocycles. The first-order valence-electron chi connectivity index (χ1n) is 8.16. The Bertz CT molecular complexity index is 974. The summed E-state index contributed by atoms with van der Waals surface area (Å²) in [6.07, 6.45) is 1.53. The Labute approximate surface area is 171 Å². The number of sulfonamides is 1. The van der Waals surface area contributed by atoms with Crippen LogP contribution in [-0.4, -0.2) is 54.9 Å². The quantitative estimate of drug-likeness (QED) is 0.358. The molecule has 0 unspecified atom stereocenters. The average molecular weight is 445 g/mol. The summed E-state index contributed by atoms with van der Waals surface area (Å²) >= 11 is 2.58. The molecule has 152 valence electrons. The molecule has 0 saturated heterocycles. The number of hydrogen-bond acceptors (Lipinski definition) is 8. The number of aryl methyl sites for hydroxylation is 1. The van der Waals surface area contributed by atoms with Gasteiger partial charge < -0.3 is 5.32 Å². The highest BCUT2D eigenvalue weighted by molar-refractivity contribution is 8.01. The summed E-state index contributed by atoms with van der Waals surface area (Å²) in [4.78, 5) is 27.8. The number of hydrogen-bond donors (Lipinski definition) is 1. The molecule has 1 N–H and O–H groups in total. The molecule has 1 aromatic carbocycles. The molecule has 0 aliphatic rings. The van der Waals surface area contributed by atoms with Crippen molar-refractivity contribution in [2.24, 2.45) is 0 Å². The molecule has 0 aliphatic heterocycles. The van der Waals surface area contributed by atoms with Gasteiger partial charge >= 0.3 is 0 Å². The smallest absolute Gasteiger partial charge is 0.284 e. The monoisotopic (exact) mass is 444 g/mol. The lowest BCUT2D eigenvalue weighted by molar-refractivity contribution is -0.387. The number of nitrogens with one attached hydrogen (secondary N) is 1. The summed E-state index contributed by atoms with van der Waals surface area (Å²) in [6.45, 7) is 2.36. The van der Waals surface area contributed by atoms with Gasteiger partial charge in [-0.2, -0.15) is 0 Å². The number of amides is 1. The standard InChI is InChI=1S/C16H20N4O5S3/c1-11-10-26-16(18-11)27-14-6-5-12(9-13(14)20(22)23)15(21)17-7-4-8-19(2)28(3,24)25/h5-6,9-10H,4,7-8H2,1-3H3,(H,17,21). The van der Waals surface area contributed by atoms with Crippen LogP contribution in [0, 0.1) is 17.0 Å². The molecule has 0 fully saturated rings. The second kappa shape index (κ2) is 9.45. The van der Waals surface area contributed by atoms with Crippen molar-refractivity contribution < 1.29 is 18.1 Å². The molecule has 0 saturated carbocycles. The van der Waals surface area contributed by atoms with Gasteiger partial charge in [0.1, 0.15) is 0 Å². The van der Waals surface area contributed by atoms with E-state index in [0.29, 0.717) is 15.7 Å². The normalized spacial score (nSPS) is 11.6. The van der Waals surface area contributed by atoms with E-state index in [1.54, 1.807) is 0 Å². The number of carbonyl (C=O) groups excluding carboxylic acids is 1. The Hall–Kier alpha value is -2.02. The summed E-state index contributed by atoms with van der Waals surface area (Å²) in [5, 5.41) is 15.9. The first-order valence-corrected chi connectivity index (χ1v) is 11.7. The SMILES string of the molecule is Cc1csc(Sc2ccc(C(=O)NCCCN(C)S(C)(=O)=O)cc2[N+](=O)[O-])n1. The third kappa shape index (κ3) is 6.26. The highest BCUT2D eigenvalue weighted by atomic mass is 32.2. The van der Waals surface area contributed by atoms with Crippen molar-refractivity contribution in [3.8, 4) is 0 Å². The van der Waals surface area contributed by atoms with Gasteiger partial charge in [0.05, 0.1) is 16.1 Å². The molecular formula is C16H20N4O5S3. The highest BCUT2D eigenvalue weighted by Crippen LogP contribution is 2.36. The first-order chi connectivity index (χ1) is 13.1. The van der Waals surface area contributed by atoms with Crippen LogP contribution in [-0.2, 0) is 10.0 Å². The van der Waals surface area contributed by atoms with E-state index in [1.807, 2.05) is 12.3 Å². The van der Waals surface area contributed by atoms with Gasteiger partial charge in [-0.25, -0.2) is 17.7 Å². The van der Waals surface area contributed by atoms with Gasteiger partial charge in [-0.3, -0.25) is 14.9 Å². The summed E-state index contributed by atoms with van der Waals surface area (Å²) in [5.41, 5.74) is 0.845. The lowest BCUT2D eigenvalue weighted by Gasteiger charge is -2.13. The fourth-order valence-electron chi connectivity index (χ4n) is 2.13. The number of nitro benzene ring substituents is 1. The average Bonchev–Trinajstić information content (AvgIpc) is 3.02. The van der Waals surface area contributed by atoms with Crippen molar-refractivity contribution >= 4 is 44.7 Å². The number of carbonyl (C=O) groups is 1. The molecule has 2 aromatic rings. The van der Waals surface area contributed by atoms with Gasteiger partial charge in [-0.15, -0.1) is 11.3 Å². The van der Waals surface area contributed by atoms with Crippen LogP contribution in [0.25, 0.3) is 0 Å². The van der Waals surface area contributed by atoms with Crippen molar-refractivity contribution in [1.29, 1.82) is 0 Å². The van der Waals surface area contributed by atoms with Crippen LogP contribution in [0.4, 0.5) is 5.69 Å². The van der Waals surface area contributed by atoms with Crippen LogP contribution in [0.15, 0.2) is 32.8 Å². The Kier molecular flexibility index (Phi) is 7.52. The van der Waals surface area contributed by atoms with E-state index in [0.717, 1.165) is 11.9 Å². The van der Waals surface area contributed by atoms with Crippen molar-refractivity contribution in [2.45, 2.75) is 22.6 Å². The van der Waals surface area contributed by atoms with Crippen LogP contribution in [0.5, 0.6) is 0 Å². The van der Waals surface area contributed by atoms with Crippen molar-refractivity contribution in [1.82, 2.24) is 14.6 Å². The summed E-state index contributed by atoms with van der Waals surface area (Å²) in [6, 6.07) is 4.29. The van der Waals surface area contributed by atoms with Crippen LogP contribution < -0.4 is 5.32 Å². The maximum atomic E-state index is 12.3. The minimum atomic E-state index is -3.26. The maximum Gasteiger partial charge on any atom is 0.284 e. The topological polar surface area (TPSA) is 123 Å². The molecule has 1 amide bonds. The first kappa shape index (κ1) is 22.3. The second-order valence-corrected chi connectivity index (χ2v) is 10.2. The Balaban J connectivity index is 2.02. The molecule has 0 atom stereocenters. The zero-order valence-corrected chi connectivity index (χ0v) is 18.0. The number of benzene rings is 1. The Morgan fingerprint density at radius 1 is 1.43 bits per heavy atom. The molecule has 1 aromatic heterocycles. The summed E-state index contributed by atoms with van der Waals surface area (Å²) in [7, 11) is -1.80. The van der Waals surface area contributed by atoms with Crippen LogP contribution >= 0.6 is 23.1 Å². The zero-order valence-electron chi connectivity index (χ0n) is 15.5. The molecule has 12 heteroatoms. The molecule has 0 radical (unpaired) electrons. The summed E-state index contributed by atoms with van der Waals surface area (Å²) in [5.74, 6) is -0.452. The Morgan fingerprint density at radius 2 is 2.14 bits per heavy atom. The predicted octanol–water partition coefficient (Wildman–Crippen LogP) is 2.52. The molecule has 9 nitrogen and oxygen atoms in total. The molecule has 28 heavy (non-hydrogen) atoms. The van der Waals surface area contributed by atoms with E-state index in [-0.39, 0.29) is 24.3 Å². The van der Waals surface area contributed by atoms with E-state index in [2.05, 4.69) is 10.3 Å². The third-order valence-electron chi connectivity index (χ3n) is 3.71. The lowest BCUT2D eigenvalue weighted by atomic mass is 10.2. The third-order valence-corrected chi connectivity index (χ3v) is 7.15. The van der Waals surface area contributed by atoms with E-state index in [1.165, 1.54) is 52.7 Å². The fraction of sp³-hybridized carbons (Fsp3) is 0.375. The van der Waals surface area contributed by atoms with Gasteiger partial charge in [-0.05, 0) is 25.5 Å².